The average Bonchev–Trinajstić information content (AvgIpc) is 2.19. The van der Waals surface area contributed by atoms with E-state index in [0.29, 0.717) is 5.41 Å². The molecule has 0 bridgehead atoms. The van der Waals surface area contributed by atoms with Crippen molar-refractivity contribution in [3.8, 4) is 0 Å². The van der Waals surface area contributed by atoms with Crippen LogP contribution in [0.5, 0.6) is 0 Å². The molecule has 1 rings (SSSR count). The quantitative estimate of drug-likeness (QED) is 0.793. The van der Waals surface area contributed by atoms with E-state index in [4.69, 9.17) is 5.73 Å². The van der Waals surface area contributed by atoms with Gasteiger partial charge in [0.15, 0.2) is 0 Å². The van der Waals surface area contributed by atoms with Crippen LogP contribution in [-0.4, -0.2) is 16.7 Å². The van der Waals surface area contributed by atoms with Gasteiger partial charge >= 0.3 is 0 Å². The molecule has 0 spiro atoms. The normalized spacial score (nSPS) is 23.8. The maximum absolute atomic E-state index is 10.7. The van der Waals surface area contributed by atoms with Crippen molar-refractivity contribution >= 4 is 0 Å². The third kappa shape index (κ3) is 5.39. The standard InChI is InChI=1S/C15H31NO/c1-14(2,3)12-9-13(16)15(17)10-7-5-4-6-8-11-15/h13,17H,4-12,16H2,1-3H3. The van der Waals surface area contributed by atoms with Gasteiger partial charge in [-0.3, -0.25) is 0 Å². The van der Waals surface area contributed by atoms with Crippen molar-refractivity contribution in [1.82, 2.24) is 0 Å². The molecule has 2 heteroatoms. The molecule has 1 saturated carbocycles. The first-order valence-electron chi connectivity index (χ1n) is 7.31. The molecule has 0 aromatic heterocycles. The number of nitrogens with two attached hydrogens (primary N) is 1. The lowest BCUT2D eigenvalue weighted by molar-refractivity contribution is -0.0148. The highest BCUT2D eigenvalue weighted by atomic mass is 16.3. The van der Waals surface area contributed by atoms with Crippen LogP contribution in [-0.2, 0) is 0 Å². The van der Waals surface area contributed by atoms with Gasteiger partial charge in [0.1, 0.15) is 0 Å². The fraction of sp³-hybridized carbons (Fsp3) is 1.00. The van der Waals surface area contributed by atoms with Crippen LogP contribution >= 0.6 is 0 Å². The number of aliphatic hydroxyl groups is 1. The van der Waals surface area contributed by atoms with E-state index in [1.54, 1.807) is 0 Å². The van der Waals surface area contributed by atoms with Gasteiger partial charge in [-0.1, -0.05) is 52.9 Å². The molecule has 0 heterocycles. The van der Waals surface area contributed by atoms with Crippen LogP contribution < -0.4 is 5.73 Å². The first-order chi connectivity index (χ1) is 7.83. The highest BCUT2D eigenvalue weighted by Crippen LogP contribution is 2.32. The molecular formula is C15H31NO. The van der Waals surface area contributed by atoms with Crippen LogP contribution in [0.15, 0.2) is 0 Å². The maximum Gasteiger partial charge on any atom is 0.0797 e. The van der Waals surface area contributed by atoms with E-state index in [2.05, 4.69) is 20.8 Å². The minimum atomic E-state index is -0.592. The van der Waals surface area contributed by atoms with Gasteiger partial charge in [0.25, 0.3) is 0 Å². The molecule has 1 fully saturated rings. The Labute approximate surface area is 107 Å². The first-order valence-corrected chi connectivity index (χ1v) is 7.31. The fourth-order valence-corrected chi connectivity index (χ4v) is 2.75. The molecular weight excluding hydrogens is 210 g/mol. The Bertz CT molecular complexity index is 211. The van der Waals surface area contributed by atoms with Gasteiger partial charge in [-0.2, -0.15) is 0 Å². The molecule has 1 aliphatic carbocycles. The molecule has 2 nitrogen and oxygen atoms in total. The summed E-state index contributed by atoms with van der Waals surface area (Å²) in [4.78, 5) is 0. The van der Waals surface area contributed by atoms with E-state index in [1.807, 2.05) is 0 Å². The van der Waals surface area contributed by atoms with Gasteiger partial charge in [-0.25, -0.2) is 0 Å². The molecule has 1 unspecified atom stereocenters. The molecule has 0 radical (unpaired) electrons. The number of hydrogen-bond acceptors (Lipinski definition) is 2. The lowest BCUT2D eigenvalue weighted by Gasteiger charge is -2.36. The molecule has 1 atom stereocenters. The molecule has 3 N–H and O–H groups in total. The Morgan fingerprint density at radius 3 is 2.00 bits per heavy atom. The van der Waals surface area contributed by atoms with E-state index >= 15 is 0 Å². The summed E-state index contributed by atoms with van der Waals surface area (Å²) in [6.07, 6.45) is 9.96. The van der Waals surface area contributed by atoms with Crippen molar-refractivity contribution in [2.75, 3.05) is 0 Å². The van der Waals surface area contributed by atoms with Gasteiger partial charge in [0.05, 0.1) is 5.60 Å². The van der Waals surface area contributed by atoms with E-state index in [1.165, 1.54) is 19.3 Å². The zero-order chi connectivity index (χ0) is 12.9. The molecule has 0 amide bonds. The van der Waals surface area contributed by atoms with Gasteiger partial charge in [-0.05, 0) is 31.1 Å². The highest BCUT2D eigenvalue weighted by Gasteiger charge is 2.34. The Hall–Kier alpha value is -0.0800. The third-order valence-electron chi connectivity index (χ3n) is 4.11. The predicted molar refractivity (Wildman–Crippen MR) is 73.9 cm³/mol. The first kappa shape index (κ1) is 15.0. The Morgan fingerprint density at radius 2 is 1.53 bits per heavy atom. The summed E-state index contributed by atoms with van der Waals surface area (Å²) in [5.41, 5.74) is 5.98. The topological polar surface area (TPSA) is 46.2 Å². The minimum Gasteiger partial charge on any atom is -0.388 e. The van der Waals surface area contributed by atoms with Crippen molar-refractivity contribution in [2.45, 2.75) is 90.2 Å². The molecule has 102 valence electrons. The molecule has 0 saturated heterocycles. The van der Waals surface area contributed by atoms with Crippen molar-refractivity contribution in [2.24, 2.45) is 11.1 Å². The minimum absolute atomic E-state index is 0.0418. The summed E-state index contributed by atoms with van der Waals surface area (Å²) in [6, 6.07) is -0.0418. The largest absolute Gasteiger partial charge is 0.388 e. The molecule has 17 heavy (non-hydrogen) atoms. The fourth-order valence-electron chi connectivity index (χ4n) is 2.75. The van der Waals surface area contributed by atoms with Gasteiger partial charge in [0, 0.05) is 6.04 Å². The Balaban J connectivity index is 2.48. The van der Waals surface area contributed by atoms with Crippen LogP contribution in [0.4, 0.5) is 0 Å². The summed E-state index contributed by atoms with van der Waals surface area (Å²) in [5, 5.41) is 10.7. The third-order valence-corrected chi connectivity index (χ3v) is 4.11. The van der Waals surface area contributed by atoms with E-state index in [9.17, 15) is 5.11 Å². The van der Waals surface area contributed by atoms with Crippen LogP contribution in [0.2, 0.25) is 0 Å². The van der Waals surface area contributed by atoms with E-state index < -0.39 is 5.60 Å². The van der Waals surface area contributed by atoms with Crippen molar-refractivity contribution in [3.63, 3.8) is 0 Å². The lowest BCUT2D eigenvalue weighted by atomic mass is 9.78. The van der Waals surface area contributed by atoms with Crippen LogP contribution in [0.3, 0.4) is 0 Å². The summed E-state index contributed by atoms with van der Waals surface area (Å²) in [6.45, 7) is 6.71. The Morgan fingerprint density at radius 1 is 1.06 bits per heavy atom. The van der Waals surface area contributed by atoms with E-state index in [-0.39, 0.29) is 6.04 Å². The number of rotatable bonds is 3. The van der Waals surface area contributed by atoms with Crippen LogP contribution in [0.25, 0.3) is 0 Å². The summed E-state index contributed by atoms with van der Waals surface area (Å²) >= 11 is 0. The molecule has 0 aromatic rings. The maximum atomic E-state index is 10.7. The second-order valence-electron chi connectivity index (χ2n) is 7.08. The van der Waals surface area contributed by atoms with Crippen molar-refractivity contribution in [1.29, 1.82) is 0 Å². The second kappa shape index (κ2) is 6.19. The zero-order valence-corrected chi connectivity index (χ0v) is 12.0. The van der Waals surface area contributed by atoms with Crippen LogP contribution in [0, 0.1) is 5.41 Å². The van der Waals surface area contributed by atoms with Gasteiger partial charge in [-0.15, -0.1) is 0 Å². The lowest BCUT2D eigenvalue weighted by Crippen LogP contribution is -2.48. The zero-order valence-electron chi connectivity index (χ0n) is 12.0. The SMILES string of the molecule is CC(C)(C)CCC(N)C1(O)CCCCCCC1. The summed E-state index contributed by atoms with van der Waals surface area (Å²) < 4.78 is 0. The second-order valence-corrected chi connectivity index (χ2v) is 7.08. The predicted octanol–water partition coefficient (Wildman–Crippen LogP) is 3.62. The Kier molecular flexibility index (Phi) is 5.46. The summed E-state index contributed by atoms with van der Waals surface area (Å²) in [5.74, 6) is 0. The van der Waals surface area contributed by atoms with Gasteiger partial charge in [0.2, 0.25) is 0 Å². The van der Waals surface area contributed by atoms with E-state index in [0.717, 1.165) is 38.5 Å². The molecule has 0 aromatic carbocycles. The molecule has 0 aliphatic heterocycles. The van der Waals surface area contributed by atoms with Crippen LogP contribution in [0.1, 0.15) is 78.6 Å². The smallest absolute Gasteiger partial charge is 0.0797 e. The molecule has 1 aliphatic rings. The highest BCUT2D eigenvalue weighted by molar-refractivity contribution is 4.90. The average molecular weight is 241 g/mol. The van der Waals surface area contributed by atoms with Gasteiger partial charge < -0.3 is 10.8 Å². The summed E-state index contributed by atoms with van der Waals surface area (Å²) in [7, 11) is 0. The monoisotopic (exact) mass is 241 g/mol. The van der Waals surface area contributed by atoms with Crippen molar-refractivity contribution < 1.29 is 5.11 Å². The van der Waals surface area contributed by atoms with Crippen molar-refractivity contribution in [3.05, 3.63) is 0 Å². The number of hydrogen-bond donors (Lipinski definition) is 2.